The van der Waals surface area contributed by atoms with Gasteiger partial charge < -0.3 is 5.32 Å². The zero-order valence-electron chi connectivity index (χ0n) is 16.7. The highest BCUT2D eigenvalue weighted by molar-refractivity contribution is 7.99. The normalized spacial score (nSPS) is 14.7. The van der Waals surface area contributed by atoms with E-state index in [4.69, 9.17) is 0 Å². The van der Waals surface area contributed by atoms with E-state index in [0.717, 1.165) is 35.1 Å². The predicted octanol–water partition coefficient (Wildman–Crippen LogP) is 4.78. The summed E-state index contributed by atoms with van der Waals surface area (Å²) in [6, 6.07) is 18.6. The maximum absolute atomic E-state index is 12.5. The zero-order chi connectivity index (χ0) is 20.1. The topological polar surface area (TPSA) is 59.8 Å². The molecule has 0 atom stereocenters. The number of carbonyl (C=O) groups is 1. The molecule has 1 fully saturated rings. The van der Waals surface area contributed by atoms with Crippen LogP contribution >= 0.6 is 11.8 Å². The smallest absolute Gasteiger partial charge is 0.230 e. The van der Waals surface area contributed by atoms with Gasteiger partial charge in [0.2, 0.25) is 5.91 Å². The Morgan fingerprint density at radius 3 is 2.62 bits per heavy atom. The van der Waals surface area contributed by atoms with E-state index in [2.05, 4.69) is 40.6 Å². The van der Waals surface area contributed by atoms with Crippen LogP contribution in [-0.4, -0.2) is 32.5 Å². The molecule has 0 saturated heterocycles. The molecule has 0 spiro atoms. The van der Waals surface area contributed by atoms with Crippen LogP contribution in [0.4, 0.5) is 0 Å². The number of aromatic nitrogens is 3. The van der Waals surface area contributed by atoms with Crippen molar-refractivity contribution in [2.75, 3.05) is 5.75 Å². The van der Waals surface area contributed by atoms with Crippen LogP contribution in [0.25, 0.3) is 17.1 Å². The largest absolute Gasteiger partial charge is 0.353 e. The number of hydrogen-bond donors (Lipinski definition) is 1. The molecule has 4 rings (SSSR count). The van der Waals surface area contributed by atoms with Gasteiger partial charge >= 0.3 is 0 Å². The van der Waals surface area contributed by atoms with Crippen LogP contribution in [0, 0.1) is 6.92 Å². The van der Waals surface area contributed by atoms with E-state index in [1.807, 2.05) is 41.0 Å². The monoisotopic (exact) mass is 406 g/mol. The number of benzene rings is 2. The van der Waals surface area contributed by atoms with E-state index in [1.165, 1.54) is 36.6 Å². The van der Waals surface area contributed by atoms with E-state index in [0.29, 0.717) is 11.8 Å². The predicted molar refractivity (Wildman–Crippen MR) is 117 cm³/mol. The van der Waals surface area contributed by atoms with Crippen molar-refractivity contribution in [3.63, 3.8) is 0 Å². The molecular weight excluding hydrogens is 380 g/mol. The lowest BCUT2D eigenvalue weighted by atomic mass is 9.95. The van der Waals surface area contributed by atoms with Gasteiger partial charge in [-0.1, -0.05) is 73.5 Å². The summed E-state index contributed by atoms with van der Waals surface area (Å²) in [6.07, 6.45) is 5.88. The van der Waals surface area contributed by atoms with Crippen LogP contribution < -0.4 is 5.32 Å². The highest BCUT2D eigenvalue weighted by atomic mass is 32.2. The maximum atomic E-state index is 12.5. The summed E-state index contributed by atoms with van der Waals surface area (Å²) < 4.78 is 2.04. The van der Waals surface area contributed by atoms with Crippen molar-refractivity contribution in [3.05, 3.63) is 60.2 Å². The summed E-state index contributed by atoms with van der Waals surface area (Å²) in [4.78, 5) is 12.5. The third-order valence-corrected chi connectivity index (χ3v) is 6.16. The third-order valence-electron chi connectivity index (χ3n) is 5.23. The summed E-state index contributed by atoms with van der Waals surface area (Å²) >= 11 is 1.44. The van der Waals surface area contributed by atoms with Gasteiger partial charge in [0.05, 0.1) is 5.75 Å². The number of rotatable bonds is 6. The Balaban J connectivity index is 1.56. The van der Waals surface area contributed by atoms with Gasteiger partial charge in [-0.25, -0.2) is 0 Å². The second-order valence-electron chi connectivity index (χ2n) is 7.54. The average molecular weight is 407 g/mol. The SMILES string of the molecule is Cc1cccc(-n2c(SCC(=O)NC3CCCCC3)nnc2-c2ccccc2)c1. The van der Waals surface area contributed by atoms with Crippen molar-refractivity contribution in [2.45, 2.75) is 50.2 Å². The van der Waals surface area contributed by atoms with Crippen LogP contribution in [0.15, 0.2) is 59.8 Å². The molecule has 1 aliphatic carbocycles. The van der Waals surface area contributed by atoms with Gasteiger partial charge in [-0.3, -0.25) is 9.36 Å². The Morgan fingerprint density at radius 1 is 1.07 bits per heavy atom. The Kier molecular flexibility index (Phi) is 6.30. The Morgan fingerprint density at radius 2 is 1.86 bits per heavy atom. The van der Waals surface area contributed by atoms with E-state index >= 15 is 0 Å². The first-order chi connectivity index (χ1) is 14.2. The van der Waals surface area contributed by atoms with Crippen molar-refractivity contribution in [1.82, 2.24) is 20.1 Å². The first-order valence-corrected chi connectivity index (χ1v) is 11.2. The summed E-state index contributed by atoms with van der Waals surface area (Å²) in [5.74, 6) is 1.20. The molecular formula is C23H26N4OS. The van der Waals surface area contributed by atoms with Crippen LogP contribution in [0.3, 0.4) is 0 Å². The van der Waals surface area contributed by atoms with Crippen molar-refractivity contribution in [3.8, 4) is 17.1 Å². The fourth-order valence-electron chi connectivity index (χ4n) is 3.78. The molecule has 1 N–H and O–H groups in total. The standard InChI is InChI=1S/C23H26N4OS/c1-17-9-8-14-20(15-17)27-22(18-10-4-2-5-11-18)25-26-23(27)29-16-21(28)24-19-12-6-3-7-13-19/h2,4-5,8-11,14-15,19H,3,6-7,12-13,16H2,1H3,(H,24,28). The molecule has 0 aliphatic heterocycles. The minimum absolute atomic E-state index is 0.0713. The number of nitrogens with one attached hydrogen (secondary N) is 1. The number of thioether (sulfide) groups is 1. The molecule has 2 aromatic carbocycles. The molecule has 1 amide bonds. The second-order valence-corrected chi connectivity index (χ2v) is 8.48. The molecule has 0 unspecified atom stereocenters. The Bertz CT molecular complexity index is 964. The molecule has 0 radical (unpaired) electrons. The summed E-state index contributed by atoms with van der Waals surface area (Å²) in [7, 11) is 0. The minimum Gasteiger partial charge on any atom is -0.353 e. The number of amides is 1. The van der Waals surface area contributed by atoms with Crippen molar-refractivity contribution in [1.29, 1.82) is 0 Å². The molecule has 1 saturated carbocycles. The average Bonchev–Trinajstić information content (AvgIpc) is 3.18. The fraction of sp³-hybridized carbons (Fsp3) is 0.348. The summed E-state index contributed by atoms with van der Waals surface area (Å²) in [5.41, 5.74) is 3.17. The lowest BCUT2D eigenvalue weighted by Gasteiger charge is -2.22. The highest BCUT2D eigenvalue weighted by Crippen LogP contribution is 2.28. The van der Waals surface area contributed by atoms with Crippen LogP contribution in [0.2, 0.25) is 0 Å². The molecule has 150 valence electrons. The molecule has 6 heteroatoms. The van der Waals surface area contributed by atoms with Gasteiger partial charge in [-0.2, -0.15) is 0 Å². The molecule has 0 bridgehead atoms. The number of carbonyl (C=O) groups excluding carboxylic acids is 1. The van der Waals surface area contributed by atoms with Gasteiger partial charge in [0, 0.05) is 17.3 Å². The number of aryl methyl sites for hydroxylation is 1. The van der Waals surface area contributed by atoms with Crippen molar-refractivity contribution in [2.24, 2.45) is 0 Å². The quantitative estimate of drug-likeness (QED) is 0.598. The van der Waals surface area contributed by atoms with E-state index in [-0.39, 0.29) is 5.91 Å². The summed E-state index contributed by atoms with van der Waals surface area (Å²) in [5, 5.41) is 12.8. The lowest BCUT2D eigenvalue weighted by Crippen LogP contribution is -2.37. The third kappa shape index (κ3) is 4.88. The number of hydrogen-bond acceptors (Lipinski definition) is 4. The van der Waals surface area contributed by atoms with Crippen LogP contribution in [0.5, 0.6) is 0 Å². The van der Waals surface area contributed by atoms with Crippen LogP contribution in [0.1, 0.15) is 37.7 Å². The molecule has 3 aromatic rings. The summed E-state index contributed by atoms with van der Waals surface area (Å²) in [6.45, 7) is 2.07. The first kappa shape index (κ1) is 19.7. The Hall–Kier alpha value is -2.60. The van der Waals surface area contributed by atoms with Gasteiger partial charge in [0.25, 0.3) is 0 Å². The zero-order valence-corrected chi connectivity index (χ0v) is 17.5. The molecule has 1 aliphatic rings. The Labute approximate surface area is 175 Å². The van der Waals surface area contributed by atoms with Crippen LogP contribution in [-0.2, 0) is 4.79 Å². The fourth-order valence-corrected chi connectivity index (χ4v) is 4.55. The van der Waals surface area contributed by atoms with Gasteiger partial charge in [0.15, 0.2) is 11.0 Å². The van der Waals surface area contributed by atoms with Gasteiger partial charge in [-0.05, 0) is 37.5 Å². The molecule has 29 heavy (non-hydrogen) atoms. The molecule has 1 heterocycles. The maximum Gasteiger partial charge on any atom is 0.230 e. The van der Waals surface area contributed by atoms with Gasteiger partial charge in [-0.15, -0.1) is 10.2 Å². The van der Waals surface area contributed by atoms with Gasteiger partial charge in [0.1, 0.15) is 0 Å². The molecule has 5 nitrogen and oxygen atoms in total. The minimum atomic E-state index is 0.0713. The van der Waals surface area contributed by atoms with Crippen molar-refractivity contribution >= 4 is 17.7 Å². The lowest BCUT2D eigenvalue weighted by molar-refractivity contribution is -0.119. The molecule has 1 aromatic heterocycles. The second kappa shape index (κ2) is 9.27. The van der Waals surface area contributed by atoms with E-state index < -0.39 is 0 Å². The van der Waals surface area contributed by atoms with Crippen molar-refractivity contribution < 1.29 is 4.79 Å². The number of nitrogens with zero attached hydrogens (tertiary/aromatic N) is 3. The highest BCUT2D eigenvalue weighted by Gasteiger charge is 2.19. The van der Waals surface area contributed by atoms with E-state index in [1.54, 1.807) is 0 Å². The first-order valence-electron chi connectivity index (χ1n) is 10.2. The van der Waals surface area contributed by atoms with E-state index in [9.17, 15) is 4.79 Å².